The van der Waals surface area contributed by atoms with Gasteiger partial charge in [-0.2, -0.15) is 0 Å². The number of rotatable bonds is 6. The molecule has 0 saturated heterocycles. The Labute approximate surface area is 117 Å². The van der Waals surface area contributed by atoms with Gasteiger partial charge < -0.3 is 20.8 Å². The van der Waals surface area contributed by atoms with Gasteiger partial charge in [0.05, 0.1) is 13.0 Å². The highest BCUT2D eigenvalue weighted by molar-refractivity contribution is 5.89. The minimum absolute atomic E-state index is 0.0769. The van der Waals surface area contributed by atoms with Gasteiger partial charge in [0.1, 0.15) is 0 Å². The van der Waals surface area contributed by atoms with E-state index in [1.807, 2.05) is 19.1 Å². The maximum absolute atomic E-state index is 11.7. The molecule has 2 amide bonds. The van der Waals surface area contributed by atoms with Crippen LogP contribution < -0.4 is 10.6 Å². The van der Waals surface area contributed by atoms with E-state index in [1.165, 1.54) is 0 Å². The third-order valence-corrected chi connectivity index (χ3v) is 2.94. The van der Waals surface area contributed by atoms with E-state index in [0.717, 1.165) is 5.56 Å². The van der Waals surface area contributed by atoms with Crippen molar-refractivity contribution in [3.8, 4) is 0 Å². The van der Waals surface area contributed by atoms with E-state index in [4.69, 9.17) is 5.11 Å². The average Bonchev–Trinajstić information content (AvgIpc) is 2.38. The van der Waals surface area contributed by atoms with Crippen LogP contribution in [-0.2, 0) is 4.79 Å². The second-order valence-corrected chi connectivity index (χ2v) is 5.21. The molecule has 6 nitrogen and oxygen atoms in total. The van der Waals surface area contributed by atoms with Gasteiger partial charge in [-0.05, 0) is 19.1 Å². The number of nitrogens with one attached hydrogen (secondary N) is 2. The van der Waals surface area contributed by atoms with Gasteiger partial charge in [-0.15, -0.1) is 0 Å². The number of hydrogen-bond acceptors (Lipinski definition) is 3. The van der Waals surface area contributed by atoms with Crippen LogP contribution >= 0.6 is 0 Å². The zero-order valence-electron chi connectivity index (χ0n) is 11.6. The molecule has 6 heteroatoms. The quantitative estimate of drug-likeness (QED) is 0.636. The highest BCUT2D eigenvalue weighted by atomic mass is 16.4. The van der Waals surface area contributed by atoms with E-state index in [0.29, 0.717) is 5.69 Å². The molecule has 0 aromatic heterocycles. The molecular formula is C14H20N2O4. The smallest absolute Gasteiger partial charge is 0.319 e. The van der Waals surface area contributed by atoms with Gasteiger partial charge in [0.2, 0.25) is 0 Å². The number of carboxylic acids is 1. The minimum atomic E-state index is -1.01. The third-order valence-electron chi connectivity index (χ3n) is 2.94. The lowest BCUT2D eigenvalue weighted by atomic mass is 9.88. The summed E-state index contributed by atoms with van der Waals surface area (Å²) in [7, 11) is 0. The van der Waals surface area contributed by atoms with Crippen molar-refractivity contribution in [1.29, 1.82) is 0 Å². The van der Waals surface area contributed by atoms with E-state index >= 15 is 0 Å². The maximum Gasteiger partial charge on any atom is 0.319 e. The van der Waals surface area contributed by atoms with Crippen LogP contribution in [0.25, 0.3) is 0 Å². The summed E-state index contributed by atoms with van der Waals surface area (Å²) in [5.74, 6) is -1.01. The Morgan fingerprint density at radius 2 is 1.85 bits per heavy atom. The Bertz CT molecular complexity index is 473. The van der Waals surface area contributed by atoms with E-state index < -0.39 is 17.4 Å². The first kappa shape index (κ1) is 16.0. The van der Waals surface area contributed by atoms with Crippen molar-refractivity contribution in [2.75, 3.05) is 18.5 Å². The van der Waals surface area contributed by atoms with E-state index in [2.05, 4.69) is 10.6 Å². The highest BCUT2D eigenvalue weighted by Gasteiger charge is 2.27. The number of benzene rings is 1. The van der Waals surface area contributed by atoms with E-state index in [-0.39, 0.29) is 19.6 Å². The average molecular weight is 280 g/mol. The van der Waals surface area contributed by atoms with Crippen LogP contribution in [0.4, 0.5) is 10.5 Å². The molecule has 110 valence electrons. The molecular weight excluding hydrogens is 260 g/mol. The number of carboxylic acid groups (broad SMARTS) is 1. The number of aliphatic carboxylic acids is 1. The molecule has 0 aliphatic heterocycles. The van der Waals surface area contributed by atoms with E-state index in [1.54, 1.807) is 19.1 Å². The fraction of sp³-hybridized carbons (Fsp3) is 0.429. The summed E-state index contributed by atoms with van der Waals surface area (Å²) in [5.41, 5.74) is 0.860. The number of amides is 2. The standard InChI is InChI=1S/C14H20N2O4/c1-10-3-5-11(6-4-10)16-13(20)15-8-14(2,9-17)7-12(18)19/h3-6,17H,7-9H2,1-2H3,(H,18,19)(H2,15,16,20). The molecule has 0 fully saturated rings. The second kappa shape index (κ2) is 6.91. The van der Waals surface area contributed by atoms with Gasteiger partial charge in [0.25, 0.3) is 0 Å². The summed E-state index contributed by atoms with van der Waals surface area (Å²) < 4.78 is 0. The molecule has 1 unspecified atom stereocenters. The van der Waals surface area contributed by atoms with Crippen LogP contribution in [0.5, 0.6) is 0 Å². The number of urea groups is 1. The fourth-order valence-corrected chi connectivity index (χ4v) is 1.65. The molecule has 1 aromatic carbocycles. The van der Waals surface area contributed by atoms with Crippen LogP contribution in [0, 0.1) is 12.3 Å². The number of aryl methyl sites for hydroxylation is 1. The molecule has 20 heavy (non-hydrogen) atoms. The Balaban J connectivity index is 2.49. The van der Waals surface area contributed by atoms with Crippen LogP contribution in [0.3, 0.4) is 0 Å². The van der Waals surface area contributed by atoms with Gasteiger partial charge in [-0.25, -0.2) is 4.79 Å². The van der Waals surface area contributed by atoms with Crippen molar-refractivity contribution in [3.63, 3.8) is 0 Å². The fourth-order valence-electron chi connectivity index (χ4n) is 1.65. The first-order valence-electron chi connectivity index (χ1n) is 6.29. The number of aliphatic hydroxyl groups excluding tert-OH is 1. The van der Waals surface area contributed by atoms with Gasteiger partial charge in [0.15, 0.2) is 0 Å². The van der Waals surface area contributed by atoms with Gasteiger partial charge in [-0.3, -0.25) is 4.79 Å². The van der Waals surface area contributed by atoms with Crippen LogP contribution in [0.2, 0.25) is 0 Å². The summed E-state index contributed by atoms with van der Waals surface area (Å²) in [5, 5.41) is 23.2. The Morgan fingerprint density at radius 3 is 2.35 bits per heavy atom. The molecule has 0 aliphatic carbocycles. The lowest BCUT2D eigenvalue weighted by Crippen LogP contribution is -2.41. The molecule has 0 heterocycles. The zero-order valence-corrected chi connectivity index (χ0v) is 11.6. The molecule has 1 aromatic rings. The Morgan fingerprint density at radius 1 is 1.25 bits per heavy atom. The molecule has 0 aliphatic rings. The lowest BCUT2D eigenvalue weighted by Gasteiger charge is -2.25. The first-order valence-corrected chi connectivity index (χ1v) is 6.29. The zero-order chi connectivity index (χ0) is 15.2. The minimum Gasteiger partial charge on any atom is -0.481 e. The third kappa shape index (κ3) is 5.27. The van der Waals surface area contributed by atoms with Crippen LogP contribution in [0.1, 0.15) is 18.9 Å². The molecule has 0 spiro atoms. The van der Waals surface area contributed by atoms with Crippen molar-refractivity contribution in [1.82, 2.24) is 5.32 Å². The SMILES string of the molecule is Cc1ccc(NC(=O)NCC(C)(CO)CC(=O)O)cc1. The number of carbonyl (C=O) groups is 2. The Kier molecular flexibility index (Phi) is 5.52. The number of aliphatic hydroxyl groups is 1. The van der Waals surface area contributed by atoms with Crippen molar-refractivity contribution < 1.29 is 19.8 Å². The lowest BCUT2D eigenvalue weighted by molar-refractivity contribution is -0.140. The van der Waals surface area contributed by atoms with Crippen molar-refractivity contribution in [2.24, 2.45) is 5.41 Å². The summed E-state index contributed by atoms with van der Waals surface area (Å²) in [6.07, 6.45) is -0.214. The van der Waals surface area contributed by atoms with Gasteiger partial charge in [0, 0.05) is 17.6 Å². The van der Waals surface area contributed by atoms with Crippen molar-refractivity contribution in [2.45, 2.75) is 20.3 Å². The summed E-state index contributed by atoms with van der Waals surface area (Å²) in [4.78, 5) is 22.4. The Hall–Kier alpha value is -2.08. The molecule has 0 radical (unpaired) electrons. The number of hydrogen-bond donors (Lipinski definition) is 4. The monoisotopic (exact) mass is 280 g/mol. The second-order valence-electron chi connectivity index (χ2n) is 5.21. The molecule has 0 bridgehead atoms. The van der Waals surface area contributed by atoms with Crippen LogP contribution in [0.15, 0.2) is 24.3 Å². The predicted molar refractivity (Wildman–Crippen MR) is 75.6 cm³/mol. The highest BCUT2D eigenvalue weighted by Crippen LogP contribution is 2.19. The summed E-state index contributed by atoms with van der Waals surface area (Å²) in [6.45, 7) is 3.31. The largest absolute Gasteiger partial charge is 0.481 e. The maximum atomic E-state index is 11.7. The summed E-state index contributed by atoms with van der Waals surface area (Å²) in [6, 6.07) is 6.86. The first-order chi connectivity index (χ1) is 9.34. The molecule has 1 atom stereocenters. The molecule has 0 saturated carbocycles. The van der Waals surface area contributed by atoms with Gasteiger partial charge in [-0.1, -0.05) is 24.6 Å². The van der Waals surface area contributed by atoms with Crippen molar-refractivity contribution >= 4 is 17.7 Å². The molecule has 1 rings (SSSR count). The molecule has 4 N–H and O–H groups in total. The predicted octanol–water partition coefficient (Wildman–Crippen LogP) is 1.59. The summed E-state index contributed by atoms with van der Waals surface area (Å²) >= 11 is 0. The van der Waals surface area contributed by atoms with Crippen molar-refractivity contribution in [3.05, 3.63) is 29.8 Å². The van der Waals surface area contributed by atoms with Gasteiger partial charge >= 0.3 is 12.0 Å². The van der Waals surface area contributed by atoms with E-state index in [9.17, 15) is 14.7 Å². The number of anilines is 1. The number of carbonyl (C=O) groups excluding carboxylic acids is 1. The topological polar surface area (TPSA) is 98.7 Å². The normalized spacial score (nSPS) is 13.3. The van der Waals surface area contributed by atoms with Crippen LogP contribution in [-0.4, -0.2) is 35.4 Å².